The number of nitrogens with zero attached hydrogens (tertiary/aromatic N) is 2. The zero-order valence-corrected chi connectivity index (χ0v) is 14.9. The number of aromatic nitrogens is 2. The minimum Gasteiger partial charge on any atom is -0.478 e. The van der Waals surface area contributed by atoms with Crippen LogP contribution in [0.2, 0.25) is 5.02 Å². The van der Waals surface area contributed by atoms with Crippen LogP contribution in [0.15, 0.2) is 48.8 Å². The number of aryl methyl sites for hydroxylation is 1. The van der Waals surface area contributed by atoms with Gasteiger partial charge in [0, 0.05) is 34.2 Å². The molecule has 134 valence electrons. The van der Waals surface area contributed by atoms with Gasteiger partial charge >= 0.3 is 5.97 Å². The smallest absolute Gasteiger partial charge is 0.336 e. The van der Waals surface area contributed by atoms with Crippen molar-refractivity contribution in [3.05, 3.63) is 70.8 Å². The van der Waals surface area contributed by atoms with Gasteiger partial charge in [-0.25, -0.2) is 14.2 Å². The monoisotopic (exact) mass is 381 g/mol. The number of carbonyl (C=O) groups is 1. The zero-order valence-electron chi connectivity index (χ0n) is 14.1. The van der Waals surface area contributed by atoms with E-state index in [9.17, 15) is 14.3 Å². The number of hydrogen-bond acceptors (Lipinski definition) is 4. The first-order chi connectivity index (χ1) is 12.9. The molecule has 0 fully saturated rings. The van der Waals surface area contributed by atoms with Gasteiger partial charge in [-0.3, -0.25) is 4.98 Å². The number of pyridine rings is 2. The highest BCUT2D eigenvalue weighted by atomic mass is 35.5. The van der Waals surface area contributed by atoms with Crippen LogP contribution in [0.5, 0.6) is 0 Å². The molecule has 0 unspecified atom stereocenters. The van der Waals surface area contributed by atoms with Gasteiger partial charge in [0.2, 0.25) is 0 Å². The van der Waals surface area contributed by atoms with Gasteiger partial charge in [0.1, 0.15) is 11.6 Å². The van der Waals surface area contributed by atoms with Gasteiger partial charge in [-0.2, -0.15) is 0 Å². The first-order valence-electron chi connectivity index (χ1n) is 8.07. The first-order valence-corrected chi connectivity index (χ1v) is 8.45. The fourth-order valence-corrected chi connectivity index (χ4v) is 3.22. The van der Waals surface area contributed by atoms with E-state index in [0.29, 0.717) is 22.6 Å². The van der Waals surface area contributed by atoms with Crippen molar-refractivity contribution in [3.8, 4) is 0 Å². The molecule has 0 aliphatic carbocycles. The van der Waals surface area contributed by atoms with Crippen molar-refractivity contribution in [2.75, 3.05) is 5.32 Å². The molecule has 0 spiro atoms. The van der Waals surface area contributed by atoms with Crippen LogP contribution < -0.4 is 5.32 Å². The number of benzene rings is 2. The molecule has 0 bridgehead atoms. The van der Waals surface area contributed by atoms with Crippen LogP contribution in [0.25, 0.3) is 21.7 Å². The van der Waals surface area contributed by atoms with Gasteiger partial charge in [-0.1, -0.05) is 11.6 Å². The Kier molecular flexibility index (Phi) is 4.12. The predicted molar refractivity (Wildman–Crippen MR) is 103 cm³/mol. The lowest BCUT2D eigenvalue weighted by atomic mass is 10.0. The zero-order chi connectivity index (χ0) is 19.1. The van der Waals surface area contributed by atoms with Crippen molar-refractivity contribution in [2.45, 2.75) is 6.92 Å². The molecule has 2 aromatic carbocycles. The number of carboxylic acids is 1. The Balaban J connectivity index is 1.96. The number of halogens is 2. The van der Waals surface area contributed by atoms with E-state index in [1.807, 2.05) is 6.07 Å². The van der Waals surface area contributed by atoms with Crippen LogP contribution in [-0.2, 0) is 0 Å². The van der Waals surface area contributed by atoms with Crippen molar-refractivity contribution in [3.63, 3.8) is 0 Å². The summed E-state index contributed by atoms with van der Waals surface area (Å²) in [6, 6.07) is 9.44. The molecular weight excluding hydrogens is 369 g/mol. The molecule has 0 atom stereocenters. The summed E-state index contributed by atoms with van der Waals surface area (Å²) in [4.78, 5) is 20.2. The van der Waals surface area contributed by atoms with Gasteiger partial charge < -0.3 is 10.4 Å². The number of hydrogen-bond donors (Lipinski definition) is 2. The van der Waals surface area contributed by atoms with Gasteiger partial charge in [0.05, 0.1) is 16.1 Å². The van der Waals surface area contributed by atoms with Crippen molar-refractivity contribution < 1.29 is 14.3 Å². The van der Waals surface area contributed by atoms with Gasteiger partial charge in [-0.05, 0) is 48.9 Å². The molecule has 7 heteroatoms. The van der Waals surface area contributed by atoms with E-state index < -0.39 is 11.8 Å². The maximum atomic E-state index is 13.4. The maximum Gasteiger partial charge on any atom is 0.336 e. The largest absolute Gasteiger partial charge is 0.478 e. The maximum absolute atomic E-state index is 13.4. The van der Waals surface area contributed by atoms with E-state index in [2.05, 4.69) is 15.3 Å². The van der Waals surface area contributed by atoms with Crippen molar-refractivity contribution in [2.24, 2.45) is 0 Å². The van der Waals surface area contributed by atoms with E-state index in [4.69, 9.17) is 11.6 Å². The van der Waals surface area contributed by atoms with Gasteiger partial charge in [-0.15, -0.1) is 0 Å². The van der Waals surface area contributed by atoms with Crippen molar-refractivity contribution in [1.29, 1.82) is 0 Å². The summed E-state index contributed by atoms with van der Waals surface area (Å²) in [7, 11) is 0. The van der Waals surface area contributed by atoms with E-state index in [0.717, 1.165) is 16.2 Å². The normalized spacial score (nSPS) is 11.1. The molecule has 2 N–H and O–H groups in total. The summed E-state index contributed by atoms with van der Waals surface area (Å²) in [5.74, 6) is -1.02. The van der Waals surface area contributed by atoms with Crippen LogP contribution in [0.4, 0.5) is 15.9 Å². The minimum atomic E-state index is -1.01. The Morgan fingerprint density at radius 1 is 1.15 bits per heavy atom. The number of nitrogens with one attached hydrogen (secondary N) is 1. The number of aromatic carboxylic acids is 1. The van der Waals surface area contributed by atoms with Crippen LogP contribution in [-0.4, -0.2) is 21.0 Å². The molecule has 0 amide bonds. The van der Waals surface area contributed by atoms with Gasteiger partial charge in [0.15, 0.2) is 0 Å². The lowest BCUT2D eigenvalue weighted by molar-refractivity contribution is 0.0696. The Labute approximate surface area is 158 Å². The molecule has 0 radical (unpaired) electrons. The molecule has 4 rings (SSSR count). The fourth-order valence-electron chi connectivity index (χ4n) is 3.04. The van der Waals surface area contributed by atoms with Crippen molar-refractivity contribution >= 4 is 50.8 Å². The van der Waals surface area contributed by atoms with Crippen LogP contribution in [0, 0.1) is 12.7 Å². The minimum absolute atomic E-state index is 0.00412. The molecule has 2 heterocycles. The second-order valence-electron chi connectivity index (χ2n) is 6.12. The number of fused-ring (bicyclic) bond motifs is 3. The van der Waals surface area contributed by atoms with E-state index in [1.165, 1.54) is 12.1 Å². The Hall–Kier alpha value is -3.25. The first kappa shape index (κ1) is 17.2. The van der Waals surface area contributed by atoms with Crippen LogP contribution in [0.1, 0.15) is 15.9 Å². The predicted octanol–water partition coefficient (Wildman–Crippen LogP) is 5.33. The lowest BCUT2D eigenvalue weighted by Crippen LogP contribution is -2.02. The fraction of sp³-hybridized carbons (Fsp3) is 0.0500. The third kappa shape index (κ3) is 3.04. The standard InChI is InChI=1S/C20H13ClFN3O2/c1-10-6-14-15-9-23-5-4-12(15)19(25-18(14)8-13(10)20(26)27)24-11-2-3-17(22)16(21)7-11/h2-9H,1H3,(H,24,25)(H,26,27). The molecule has 0 aliphatic heterocycles. The molecule has 5 nitrogen and oxygen atoms in total. The summed E-state index contributed by atoms with van der Waals surface area (Å²) < 4.78 is 13.4. The number of carboxylic acid groups (broad SMARTS) is 1. The second-order valence-corrected chi connectivity index (χ2v) is 6.53. The van der Waals surface area contributed by atoms with Gasteiger partial charge in [0.25, 0.3) is 0 Å². The highest BCUT2D eigenvalue weighted by Gasteiger charge is 2.14. The van der Waals surface area contributed by atoms with E-state index in [-0.39, 0.29) is 10.6 Å². The summed E-state index contributed by atoms with van der Waals surface area (Å²) >= 11 is 5.86. The van der Waals surface area contributed by atoms with E-state index >= 15 is 0 Å². The highest BCUT2D eigenvalue weighted by molar-refractivity contribution is 6.31. The van der Waals surface area contributed by atoms with Crippen LogP contribution in [0.3, 0.4) is 0 Å². The van der Waals surface area contributed by atoms with E-state index in [1.54, 1.807) is 37.5 Å². The molecule has 27 heavy (non-hydrogen) atoms. The quantitative estimate of drug-likeness (QED) is 0.469. The molecular formula is C20H13ClFN3O2. The SMILES string of the molecule is Cc1cc2c(cc1C(=O)O)nc(Nc1ccc(F)c(Cl)c1)c1ccncc12. The Morgan fingerprint density at radius 2 is 1.96 bits per heavy atom. The second kappa shape index (κ2) is 6.48. The summed E-state index contributed by atoms with van der Waals surface area (Å²) in [5.41, 5.74) is 1.92. The van der Waals surface area contributed by atoms with Crippen molar-refractivity contribution in [1.82, 2.24) is 9.97 Å². The molecule has 0 aliphatic rings. The summed E-state index contributed by atoms with van der Waals surface area (Å²) in [6.45, 7) is 1.75. The molecule has 0 saturated heterocycles. The topological polar surface area (TPSA) is 75.1 Å². The average Bonchev–Trinajstić information content (AvgIpc) is 2.65. The molecule has 4 aromatic rings. The number of rotatable bonds is 3. The molecule has 2 aromatic heterocycles. The van der Waals surface area contributed by atoms with Crippen LogP contribution >= 0.6 is 11.6 Å². The molecule has 0 saturated carbocycles. The number of anilines is 2. The summed E-state index contributed by atoms with van der Waals surface area (Å²) in [5, 5.41) is 15.0. The lowest BCUT2D eigenvalue weighted by Gasteiger charge is -2.13. The third-order valence-corrected chi connectivity index (χ3v) is 4.64. The average molecular weight is 382 g/mol. The summed E-state index contributed by atoms with van der Waals surface area (Å²) in [6.07, 6.45) is 3.36. The Morgan fingerprint density at radius 3 is 2.70 bits per heavy atom. The Bertz CT molecular complexity index is 1230. The highest BCUT2D eigenvalue weighted by Crippen LogP contribution is 2.32. The third-order valence-electron chi connectivity index (χ3n) is 4.35.